The van der Waals surface area contributed by atoms with Crippen LogP contribution in [0.2, 0.25) is 0 Å². The molecule has 1 aliphatic carbocycles. The third-order valence-corrected chi connectivity index (χ3v) is 5.62. The molecule has 0 aromatic heterocycles. The van der Waals surface area contributed by atoms with Crippen molar-refractivity contribution in [1.82, 2.24) is 5.32 Å². The number of carbonyl (C=O) groups is 2. The summed E-state index contributed by atoms with van der Waals surface area (Å²) in [5.74, 6) is -4.77. The van der Waals surface area contributed by atoms with E-state index in [2.05, 4.69) is 35.3 Å². The molecule has 196 valence electrons. The Morgan fingerprint density at radius 2 is 1.49 bits per heavy atom. The Balaban J connectivity index is 0.000000479. The molecule has 3 aromatic carbocycles. The number of alkyl carbamates (subject to hydrolysis) is 1. The van der Waals surface area contributed by atoms with Gasteiger partial charge in [-0.2, -0.15) is 13.2 Å². The zero-order valence-electron chi connectivity index (χ0n) is 19.4. The van der Waals surface area contributed by atoms with E-state index in [1.54, 1.807) is 0 Å². The number of nitrogens with one attached hydrogen (secondary N) is 1. The number of benzene rings is 3. The van der Waals surface area contributed by atoms with Crippen LogP contribution in [-0.4, -0.2) is 37.4 Å². The summed E-state index contributed by atoms with van der Waals surface area (Å²) in [4.78, 5) is 21.0. The zero-order chi connectivity index (χ0) is 27.2. The van der Waals surface area contributed by atoms with Gasteiger partial charge in [0.25, 0.3) is 0 Å². The molecule has 6 nitrogen and oxygen atoms in total. The van der Waals surface area contributed by atoms with Gasteiger partial charge in [-0.1, -0.05) is 54.6 Å². The van der Waals surface area contributed by atoms with Gasteiger partial charge in [0.15, 0.2) is 11.6 Å². The second-order valence-corrected chi connectivity index (χ2v) is 8.31. The average molecular weight is 522 g/mol. The first kappa shape index (κ1) is 27.6. The Kier molecular flexibility index (Phi) is 8.82. The second kappa shape index (κ2) is 11.8. The maximum Gasteiger partial charge on any atom is 0.430 e. The summed E-state index contributed by atoms with van der Waals surface area (Å²) in [5, 5.41) is 11.5. The first-order chi connectivity index (χ1) is 17.5. The average Bonchev–Trinajstić information content (AvgIpc) is 3.17. The Morgan fingerprint density at radius 3 is 2.00 bits per heavy atom. The normalized spacial score (nSPS) is 13.0. The highest BCUT2D eigenvalue weighted by Crippen LogP contribution is 2.44. The molecular weight excluding hydrogens is 499 g/mol. The van der Waals surface area contributed by atoms with Crippen molar-refractivity contribution < 1.29 is 47.1 Å². The predicted octanol–water partition coefficient (Wildman–Crippen LogP) is 2.96. The number of amides is 1. The van der Waals surface area contributed by atoms with Crippen molar-refractivity contribution in [2.75, 3.05) is 13.2 Å². The van der Waals surface area contributed by atoms with Crippen LogP contribution < -0.4 is 16.2 Å². The largest absolute Gasteiger partial charge is 0.542 e. The Hall–Kier alpha value is -3.99. The third kappa shape index (κ3) is 7.26. The molecule has 4 rings (SSSR count). The molecule has 0 aliphatic heterocycles. The lowest BCUT2D eigenvalue weighted by molar-refractivity contribution is -0.416. The minimum Gasteiger partial charge on any atom is -0.542 e. The van der Waals surface area contributed by atoms with Crippen LogP contribution in [0.5, 0.6) is 0 Å². The van der Waals surface area contributed by atoms with E-state index in [-0.39, 0.29) is 25.1 Å². The minimum absolute atomic E-state index is 0.000823. The monoisotopic (exact) mass is 522 g/mol. The molecule has 4 N–H and O–H groups in total. The highest BCUT2D eigenvalue weighted by Gasteiger charge is 2.29. The second-order valence-electron chi connectivity index (χ2n) is 8.31. The van der Waals surface area contributed by atoms with Crippen LogP contribution in [0.25, 0.3) is 11.1 Å². The van der Waals surface area contributed by atoms with E-state index >= 15 is 0 Å². The van der Waals surface area contributed by atoms with E-state index in [0.29, 0.717) is 12.0 Å². The van der Waals surface area contributed by atoms with Crippen LogP contribution in [0.3, 0.4) is 0 Å². The lowest BCUT2D eigenvalue weighted by Gasteiger charge is -2.15. The van der Waals surface area contributed by atoms with E-state index in [9.17, 15) is 26.7 Å². The van der Waals surface area contributed by atoms with E-state index < -0.39 is 29.9 Å². The summed E-state index contributed by atoms with van der Waals surface area (Å²) in [6, 6.07) is 19.9. The van der Waals surface area contributed by atoms with Crippen molar-refractivity contribution in [2.45, 2.75) is 24.6 Å². The molecule has 37 heavy (non-hydrogen) atoms. The van der Waals surface area contributed by atoms with Crippen molar-refractivity contribution in [3.05, 3.63) is 95.1 Å². The summed E-state index contributed by atoms with van der Waals surface area (Å²) in [6.45, 7) is 0.514. The number of halogens is 5. The number of carboxylic acids is 1. The molecule has 0 unspecified atom stereocenters. The number of quaternary nitrogens is 1. The Bertz CT molecular complexity index is 1220. The van der Waals surface area contributed by atoms with Crippen molar-refractivity contribution >= 4 is 12.1 Å². The standard InChI is InChI=1S/C24H22F2N2O2.C2HF3O2/c25-22-10-9-15(12-23(22)26)11-16(27)13-28-24(29)30-14-21-19-7-3-1-5-17(19)18-6-2-4-8-20(18)21;3-2(4,5)1(6)7/h1-10,12,16,21H,11,13-14,27H2,(H,28,29);(H,6,7)/t16-;/m1./s1. The maximum absolute atomic E-state index is 13.3. The molecule has 1 amide bonds. The number of hydrogen-bond donors (Lipinski definition) is 2. The molecule has 0 saturated carbocycles. The van der Waals surface area contributed by atoms with Gasteiger partial charge in [0.2, 0.25) is 0 Å². The van der Waals surface area contributed by atoms with Crippen LogP contribution in [0.1, 0.15) is 22.6 Å². The topological polar surface area (TPSA) is 106 Å². The fourth-order valence-electron chi connectivity index (χ4n) is 3.95. The van der Waals surface area contributed by atoms with Gasteiger partial charge >= 0.3 is 12.3 Å². The predicted molar refractivity (Wildman–Crippen MR) is 121 cm³/mol. The van der Waals surface area contributed by atoms with Crippen molar-refractivity contribution in [3.63, 3.8) is 0 Å². The quantitative estimate of drug-likeness (QED) is 0.486. The molecule has 3 aromatic rings. The van der Waals surface area contributed by atoms with Gasteiger partial charge in [0.05, 0.1) is 6.54 Å². The molecule has 0 heterocycles. The van der Waals surface area contributed by atoms with Gasteiger partial charge in [-0.3, -0.25) is 0 Å². The van der Waals surface area contributed by atoms with Crippen LogP contribution in [-0.2, 0) is 16.0 Å². The molecule has 0 spiro atoms. The molecule has 11 heteroatoms. The molecule has 0 saturated heterocycles. The molecule has 1 atom stereocenters. The maximum atomic E-state index is 13.3. The van der Waals surface area contributed by atoms with Gasteiger partial charge < -0.3 is 25.7 Å². The van der Waals surface area contributed by atoms with E-state index in [0.717, 1.165) is 23.3 Å². The summed E-state index contributed by atoms with van der Waals surface area (Å²) in [7, 11) is 0. The van der Waals surface area contributed by atoms with Crippen molar-refractivity contribution in [3.8, 4) is 11.1 Å². The van der Waals surface area contributed by atoms with E-state index in [1.807, 2.05) is 24.3 Å². The first-order valence-electron chi connectivity index (χ1n) is 11.1. The smallest absolute Gasteiger partial charge is 0.430 e. The number of carbonyl (C=O) groups excluding carboxylic acids is 2. The fourth-order valence-corrected chi connectivity index (χ4v) is 3.95. The number of carboxylic acid groups (broad SMARTS) is 1. The van der Waals surface area contributed by atoms with Gasteiger partial charge in [0.1, 0.15) is 18.6 Å². The van der Waals surface area contributed by atoms with E-state index in [4.69, 9.17) is 14.6 Å². The van der Waals surface area contributed by atoms with Crippen LogP contribution >= 0.6 is 0 Å². The highest BCUT2D eigenvalue weighted by molar-refractivity contribution is 5.79. The molecule has 0 fully saturated rings. The number of hydrogen-bond acceptors (Lipinski definition) is 4. The summed E-state index contributed by atoms with van der Waals surface area (Å²) >= 11 is 0. The third-order valence-electron chi connectivity index (χ3n) is 5.62. The van der Waals surface area contributed by atoms with E-state index in [1.165, 1.54) is 17.2 Å². The van der Waals surface area contributed by atoms with Gasteiger partial charge in [-0.15, -0.1) is 0 Å². The summed E-state index contributed by atoms with van der Waals surface area (Å²) in [5.41, 5.74) is 9.25. The number of fused-ring (bicyclic) bond motifs is 3. The SMILES string of the molecule is O=C([O-])C(F)(F)F.[NH3+][C@@H](CNC(=O)OCC1c2ccccc2-c2ccccc21)Cc1ccc(F)c(F)c1. The minimum atomic E-state index is -5.19. The van der Waals surface area contributed by atoms with Crippen LogP contribution in [0.15, 0.2) is 66.7 Å². The van der Waals surface area contributed by atoms with Gasteiger partial charge in [0, 0.05) is 12.3 Å². The number of alkyl halides is 3. The number of aliphatic carboxylic acids is 1. The van der Waals surface area contributed by atoms with Crippen molar-refractivity contribution in [2.24, 2.45) is 0 Å². The summed E-state index contributed by atoms with van der Waals surface area (Å²) < 4.78 is 63.4. The zero-order valence-corrected chi connectivity index (χ0v) is 19.4. The number of rotatable bonds is 6. The lowest BCUT2D eigenvalue weighted by Crippen LogP contribution is -2.66. The van der Waals surface area contributed by atoms with Gasteiger partial charge in [-0.25, -0.2) is 13.6 Å². The lowest BCUT2D eigenvalue weighted by atomic mass is 9.98. The summed E-state index contributed by atoms with van der Waals surface area (Å²) in [6.07, 6.45) is -5.29. The molecular formula is C26H23F5N2O4. The van der Waals surface area contributed by atoms with Gasteiger partial charge in [-0.05, 0) is 39.9 Å². The number of ether oxygens (including phenoxy) is 1. The highest BCUT2D eigenvalue weighted by atomic mass is 19.4. The molecule has 1 aliphatic rings. The molecule has 0 bridgehead atoms. The van der Waals surface area contributed by atoms with Crippen LogP contribution in [0.4, 0.5) is 26.7 Å². The first-order valence-corrected chi connectivity index (χ1v) is 11.1. The van der Waals surface area contributed by atoms with Crippen LogP contribution in [0, 0.1) is 11.6 Å². The Labute approximate surface area is 208 Å². The Morgan fingerprint density at radius 1 is 0.946 bits per heavy atom. The molecule has 0 radical (unpaired) electrons. The van der Waals surface area contributed by atoms with Crippen molar-refractivity contribution in [1.29, 1.82) is 0 Å². The fraction of sp³-hybridized carbons (Fsp3) is 0.231.